The van der Waals surface area contributed by atoms with Crippen molar-refractivity contribution in [3.63, 3.8) is 0 Å². The molecule has 30 heavy (non-hydrogen) atoms. The number of hydrogen-bond donors (Lipinski definition) is 2. The van der Waals surface area contributed by atoms with E-state index in [-0.39, 0.29) is 16.5 Å². The van der Waals surface area contributed by atoms with Crippen LogP contribution in [0.25, 0.3) is 10.9 Å². The van der Waals surface area contributed by atoms with Gasteiger partial charge in [-0.25, -0.2) is 17.8 Å². The van der Waals surface area contributed by atoms with Gasteiger partial charge < -0.3 is 5.32 Å². The standard InChI is InChI=1S/C22H16FN3O3S/c23-17-8-12-19(13-9-17)30(28,29)26-18-10-5-16(6-11-18)22(27)25-21-14-7-15-3-1-2-4-20(15)24-21/h1-14,26H,(H,24,25,27). The minimum absolute atomic E-state index is 0.0619. The molecule has 0 saturated carbocycles. The summed E-state index contributed by atoms with van der Waals surface area (Å²) in [6.45, 7) is 0. The molecule has 8 heteroatoms. The highest BCUT2D eigenvalue weighted by Crippen LogP contribution is 2.19. The van der Waals surface area contributed by atoms with Crippen LogP contribution in [0.5, 0.6) is 0 Å². The normalized spacial score (nSPS) is 11.2. The highest BCUT2D eigenvalue weighted by atomic mass is 32.2. The lowest BCUT2D eigenvalue weighted by Gasteiger charge is -2.09. The Morgan fingerprint density at radius 3 is 2.27 bits per heavy atom. The molecule has 4 rings (SSSR count). The van der Waals surface area contributed by atoms with Gasteiger partial charge in [0.25, 0.3) is 15.9 Å². The van der Waals surface area contributed by atoms with Crippen LogP contribution in [0.15, 0.2) is 89.8 Å². The number of hydrogen-bond acceptors (Lipinski definition) is 4. The van der Waals surface area contributed by atoms with Crippen molar-refractivity contribution in [2.75, 3.05) is 10.0 Å². The fourth-order valence-electron chi connectivity index (χ4n) is 2.84. The number of para-hydroxylation sites is 1. The van der Waals surface area contributed by atoms with Crippen LogP contribution in [-0.2, 0) is 10.0 Å². The molecular weight excluding hydrogens is 405 g/mol. The molecule has 6 nitrogen and oxygen atoms in total. The molecule has 0 aliphatic rings. The van der Waals surface area contributed by atoms with E-state index in [9.17, 15) is 17.6 Å². The summed E-state index contributed by atoms with van der Waals surface area (Å²) in [5.74, 6) is -0.476. The van der Waals surface area contributed by atoms with Crippen molar-refractivity contribution >= 4 is 38.3 Å². The van der Waals surface area contributed by atoms with Crippen LogP contribution in [0.2, 0.25) is 0 Å². The van der Waals surface area contributed by atoms with Gasteiger partial charge in [-0.1, -0.05) is 18.2 Å². The van der Waals surface area contributed by atoms with Crippen LogP contribution in [0, 0.1) is 5.82 Å². The number of sulfonamides is 1. The Bertz CT molecular complexity index is 1320. The summed E-state index contributed by atoms with van der Waals surface area (Å²) in [4.78, 5) is 16.8. The van der Waals surface area contributed by atoms with Gasteiger partial charge in [0, 0.05) is 16.6 Å². The zero-order chi connectivity index (χ0) is 21.1. The number of rotatable bonds is 5. The molecule has 0 fully saturated rings. The maximum Gasteiger partial charge on any atom is 0.261 e. The summed E-state index contributed by atoms with van der Waals surface area (Å²) >= 11 is 0. The minimum atomic E-state index is -3.86. The molecule has 150 valence electrons. The van der Waals surface area contributed by atoms with E-state index in [1.807, 2.05) is 30.3 Å². The van der Waals surface area contributed by atoms with Crippen molar-refractivity contribution in [1.29, 1.82) is 0 Å². The molecule has 0 atom stereocenters. The van der Waals surface area contributed by atoms with Gasteiger partial charge in [0.15, 0.2) is 0 Å². The maximum absolute atomic E-state index is 13.0. The Kier molecular flexibility index (Phi) is 5.16. The van der Waals surface area contributed by atoms with E-state index >= 15 is 0 Å². The molecule has 0 saturated heterocycles. The zero-order valence-corrected chi connectivity index (χ0v) is 16.4. The van der Waals surface area contributed by atoms with E-state index in [1.165, 1.54) is 36.4 Å². The molecule has 4 aromatic rings. The number of anilines is 2. The Labute approximate surface area is 172 Å². The average molecular weight is 421 g/mol. The third-order valence-electron chi connectivity index (χ3n) is 4.36. The number of benzene rings is 3. The van der Waals surface area contributed by atoms with Gasteiger partial charge >= 0.3 is 0 Å². The Morgan fingerprint density at radius 1 is 0.833 bits per heavy atom. The molecule has 0 radical (unpaired) electrons. The molecule has 1 heterocycles. The lowest BCUT2D eigenvalue weighted by atomic mass is 10.2. The second kappa shape index (κ2) is 7.92. The van der Waals surface area contributed by atoms with Gasteiger partial charge in [-0.05, 0) is 66.7 Å². The van der Waals surface area contributed by atoms with Gasteiger partial charge in [-0.3, -0.25) is 9.52 Å². The first-order valence-electron chi connectivity index (χ1n) is 8.96. The number of carbonyl (C=O) groups excluding carboxylic acids is 1. The predicted octanol–water partition coefficient (Wildman–Crippen LogP) is 4.43. The van der Waals surface area contributed by atoms with Crippen molar-refractivity contribution in [1.82, 2.24) is 4.98 Å². The van der Waals surface area contributed by atoms with Crippen LogP contribution in [-0.4, -0.2) is 19.3 Å². The van der Waals surface area contributed by atoms with E-state index in [0.29, 0.717) is 11.4 Å². The van der Waals surface area contributed by atoms with Gasteiger partial charge in [-0.2, -0.15) is 0 Å². The summed E-state index contributed by atoms with van der Waals surface area (Å²) < 4.78 is 40.1. The molecule has 0 spiro atoms. The van der Waals surface area contributed by atoms with Gasteiger partial charge in [0.1, 0.15) is 11.6 Å². The van der Waals surface area contributed by atoms with Crippen LogP contribution >= 0.6 is 0 Å². The van der Waals surface area contributed by atoms with Crippen LogP contribution in [0.4, 0.5) is 15.9 Å². The van der Waals surface area contributed by atoms with Crippen LogP contribution in [0.1, 0.15) is 10.4 Å². The van der Waals surface area contributed by atoms with Gasteiger partial charge in [0.05, 0.1) is 10.4 Å². The van der Waals surface area contributed by atoms with E-state index in [1.54, 1.807) is 6.07 Å². The number of pyridine rings is 1. The van der Waals surface area contributed by atoms with E-state index in [4.69, 9.17) is 0 Å². The fraction of sp³-hybridized carbons (Fsp3) is 0. The SMILES string of the molecule is O=C(Nc1ccc2ccccc2n1)c1ccc(NS(=O)(=O)c2ccc(F)cc2)cc1. The first-order valence-corrected chi connectivity index (χ1v) is 10.4. The number of aromatic nitrogens is 1. The highest BCUT2D eigenvalue weighted by molar-refractivity contribution is 7.92. The largest absolute Gasteiger partial charge is 0.307 e. The van der Waals surface area contributed by atoms with Crippen molar-refractivity contribution in [2.45, 2.75) is 4.90 Å². The number of nitrogens with zero attached hydrogens (tertiary/aromatic N) is 1. The zero-order valence-electron chi connectivity index (χ0n) is 15.5. The molecule has 3 aromatic carbocycles. The van der Waals surface area contributed by atoms with Crippen LogP contribution < -0.4 is 10.0 Å². The molecular formula is C22H16FN3O3S. The highest BCUT2D eigenvalue weighted by Gasteiger charge is 2.15. The summed E-state index contributed by atoms with van der Waals surface area (Å²) in [7, 11) is -3.86. The van der Waals surface area contributed by atoms with Crippen molar-refractivity contribution in [3.8, 4) is 0 Å². The summed E-state index contributed by atoms with van der Waals surface area (Å²) in [6.07, 6.45) is 0. The van der Waals surface area contributed by atoms with E-state index in [0.717, 1.165) is 23.0 Å². The number of fused-ring (bicyclic) bond motifs is 1. The summed E-state index contributed by atoms with van der Waals surface area (Å²) in [5, 5.41) is 3.69. The lowest BCUT2D eigenvalue weighted by Crippen LogP contribution is -2.14. The first kappa shape index (κ1) is 19.5. The second-order valence-electron chi connectivity index (χ2n) is 6.48. The monoisotopic (exact) mass is 421 g/mol. The Balaban J connectivity index is 1.47. The molecule has 1 aromatic heterocycles. The summed E-state index contributed by atoms with van der Waals surface area (Å²) in [6, 6.07) is 21.6. The number of amides is 1. The minimum Gasteiger partial charge on any atom is -0.307 e. The maximum atomic E-state index is 13.0. The molecule has 0 aliphatic carbocycles. The smallest absolute Gasteiger partial charge is 0.261 e. The van der Waals surface area contributed by atoms with Gasteiger partial charge in [-0.15, -0.1) is 0 Å². The third-order valence-corrected chi connectivity index (χ3v) is 5.76. The number of carbonyl (C=O) groups is 1. The Morgan fingerprint density at radius 2 is 1.53 bits per heavy atom. The van der Waals surface area contributed by atoms with Crippen molar-refractivity contribution < 1.29 is 17.6 Å². The molecule has 0 unspecified atom stereocenters. The quantitative estimate of drug-likeness (QED) is 0.499. The molecule has 2 N–H and O–H groups in total. The van der Waals surface area contributed by atoms with Gasteiger partial charge in [0.2, 0.25) is 0 Å². The first-order chi connectivity index (χ1) is 14.4. The fourth-order valence-corrected chi connectivity index (χ4v) is 3.90. The second-order valence-corrected chi connectivity index (χ2v) is 8.16. The van der Waals surface area contributed by atoms with Crippen molar-refractivity contribution in [3.05, 3.63) is 96.3 Å². The van der Waals surface area contributed by atoms with Crippen molar-refractivity contribution in [2.24, 2.45) is 0 Å². The number of nitrogens with one attached hydrogen (secondary N) is 2. The summed E-state index contributed by atoms with van der Waals surface area (Å²) in [5.41, 5.74) is 1.38. The molecule has 1 amide bonds. The van der Waals surface area contributed by atoms with E-state index < -0.39 is 15.8 Å². The van der Waals surface area contributed by atoms with E-state index in [2.05, 4.69) is 15.0 Å². The lowest BCUT2D eigenvalue weighted by molar-refractivity contribution is 0.102. The topological polar surface area (TPSA) is 88.2 Å². The van der Waals surface area contributed by atoms with Crippen LogP contribution in [0.3, 0.4) is 0 Å². The third kappa shape index (κ3) is 4.28. The number of halogens is 1. The average Bonchev–Trinajstić information content (AvgIpc) is 2.74. The molecule has 0 bridgehead atoms. The molecule has 0 aliphatic heterocycles. The Hall–Kier alpha value is -3.78. The predicted molar refractivity (Wildman–Crippen MR) is 113 cm³/mol.